The second-order valence-corrected chi connectivity index (χ2v) is 5.24. The Balaban J connectivity index is 2.00. The van der Waals surface area contributed by atoms with Crippen molar-refractivity contribution >= 4 is 17.5 Å². The number of hydrogen-bond donors (Lipinski definition) is 1. The topological polar surface area (TPSA) is 116 Å². The molecule has 1 aliphatic heterocycles. The van der Waals surface area contributed by atoms with E-state index in [9.17, 15) is 24.1 Å². The molecule has 2 amide bonds. The van der Waals surface area contributed by atoms with Crippen LogP contribution in [0.15, 0.2) is 18.2 Å². The number of benzene rings is 1. The molecule has 1 atom stereocenters. The van der Waals surface area contributed by atoms with Crippen LogP contribution >= 0.6 is 0 Å². The van der Waals surface area contributed by atoms with Crippen molar-refractivity contribution in [3.05, 3.63) is 34.1 Å². The van der Waals surface area contributed by atoms with Gasteiger partial charge < -0.3 is 15.4 Å². The number of carbonyl (C=O) groups excluding carboxylic acids is 2. The molecule has 2 N–H and O–H groups in total. The van der Waals surface area contributed by atoms with Crippen molar-refractivity contribution in [3.8, 4) is 5.75 Å². The summed E-state index contributed by atoms with van der Waals surface area (Å²) in [6.45, 7) is 0.176. The average molecular weight is 325 g/mol. The van der Waals surface area contributed by atoms with Gasteiger partial charge in [0.25, 0.3) is 5.91 Å². The van der Waals surface area contributed by atoms with Gasteiger partial charge in [-0.25, -0.2) is 4.39 Å². The third-order valence-corrected chi connectivity index (χ3v) is 3.65. The number of nitro groups is 1. The van der Waals surface area contributed by atoms with Crippen molar-refractivity contribution in [1.82, 2.24) is 4.90 Å². The maximum absolute atomic E-state index is 13.2. The number of amides is 2. The summed E-state index contributed by atoms with van der Waals surface area (Å²) in [6.07, 6.45) is 1.26. The van der Waals surface area contributed by atoms with Crippen LogP contribution < -0.4 is 10.5 Å². The van der Waals surface area contributed by atoms with E-state index < -0.39 is 40.8 Å². The fourth-order valence-electron chi connectivity index (χ4n) is 2.42. The summed E-state index contributed by atoms with van der Waals surface area (Å²) < 4.78 is 18.3. The van der Waals surface area contributed by atoms with Crippen LogP contribution in [0.3, 0.4) is 0 Å². The van der Waals surface area contributed by atoms with E-state index in [1.165, 1.54) is 4.90 Å². The molecule has 8 nitrogen and oxygen atoms in total. The molecule has 0 aliphatic carbocycles. The number of nitrogens with two attached hydrogens (primary N) is 1. The fourth-order valence-corrected chi connectivity index (χ4v) is 2.42. The molecule has 0 aromatic heterocycles. The molecule has 9 heteroatoms. The van der Waals surface area contributed by atoms with Crippen LogP contribution in [0.25, 0.3) is 0 Å². The zero-order chi connectivity index (χ0) is 17.0. The van der Waals surface area contributed by atoms with Crippen LogP contribution in [0.4, 0.5) is 10.1 Å². The molecule has 0 radical (unpaired) electrons. The van der Waals surface area contributed by atoms with Crippen molar-refractivity contribution < 1.29 is 23.6 Å². The maximum Gasteiger partial charge on any atom is 0.311 e. The number of likely N-dealkylation sites (tertiary alicyclic amines) is 1. The number of hydrogen-bond acceptors (Lipinski definition) is 5. The highest BCUT2D eigenvalue weighted by molar-refractivity contribution is 5.81. The van der Waals surface area contributed by atoms with Crippen LogP contribution in [0.1, 0.15) is 12.8 Å². The van der Waals surface area contributed by atoms with Gasteiger partial charge in [-0.05, 0) is 18.9 Å². The molecule has 1 unspecified atom stereocenters. The largest absolute Gasteiger partial charge is 0.477 e. The van der Waals surface area contributed by atoms with Gasteiger partial charge in [0.15, 0.2) is 6.61 Å². The van der Waals surface area contributed by atoms with Crippen LogP contribution in [0, 0.1) is 21.8 Å². The minimum atomic E-state index is -0.719. The summed E-state index contributed by atoms with van der Waals surface area (Å²) in [6, 6.07) is 2.77. The van der Waals surface area contributed by atoms with Crippen molar-refractivity contribution in [3.63, 3.8) is 0 Å². The molecule has 0 saturated carbocycles. The SMILES string of the molecule is NC(=O)C1CCCN(C(=O)COc2cc(F)ccc2[N+](=O)[O-])C1. The molecule has 2 rings (SSSR count). The van der Waals surface area contributed by atoms with Gasteiger partial charge in [0.2, 0.25) is 11.7 Å². The van der Waals surface area contributed by atoms with E-state index in [1.54, 1.807) is 0 Å². The predicted octanol–water partition coefficient (Wildman–Crippen LogP) is 0.837. The van der Waals surface area contributed by atoms with Gasteiger partial charge in [0, 0.05) is 25.2 Å². The molecule has 1 saturated heterocycles. The Morgan fingerprint density at radius 1 is 1.48 bits per heavy atom. The smallest absolute Gasteiger partial charge is 0.311 e. The van der Waals surface area contributed by atoms with Gasteiger partial charge in [-0.1, -0.05) is 0 Å². The normalized spacial score (nSPS) is 17.6. The number of piperidine rings is 1. The van der Waals surface area contributed by atoms with Gasteiger partial charge >= 0.3 is 5.69 Å². The van der Waals surface area contributed by atoms with E-state index in [0.717, 1.165) is 18.2 Å². The highest BCUT2D eigenvalue weighted by Gasteiger charge is 2.27. The van der Waals surface area contributed by atoms with Crippen LogP contribution in [-0.4, -0.2) is 41.3 Å². The number of rotatable bonds is 5. The maximum atomic E-state index is 13.2. The predicted molar refractivity (Wildman–Crippen MR) is 77.0 cm³/mol. The third-order valence-electron chi connectivity index (χ3n) is 3.65. The highest BCUT2D eigenvalue weighted by atomic mass is 19.1. The van der Waals surface area contributed by atoms with Crippen molar-refractivity contribution in [2.45, 2.75) is 12.8 Å². The van der Waals surface area contributed by atoms with Gasteiger partial charge in [-0.15, -0.1) is 0 Å². The fraction of sp³-hybridized carbons (Fsp3) is 0.429. The Morgan fingerprint density at radius 2 is 2.22 bits per heavy atom. The van der Waals surface area contributed by atoms with Gasteiger partial charge in [0.1, 0.15) is 5.82 Å². The molecule has 0 bridgehead atoms. The first kappa shape index (κ1) is 16.7. The monoisotopic (exact) mass is 325 g/mol. The molecule has 1 aliphatic rings. The quantitative estimate of drug-likeness (QED) is 0.636. The highest BCUT2D eigenvalue weighted by Crippen LogP contribution is 2.27. The van der Waals surface area contributed by atoms with E-state index in [2.05, 4.69) is 0 Å². The molecular weight excluding hydrogens is 309 g/mol. The lowest BCUT2D eigenvalue weighted by atomic mass is 9.97. The molecular formula is C14H16FN3O5. The first-order valence-corrected chi connectivity index (χ1v) is 7.02. The van der Waals surface area contributed by atoms with Crippen LogP contribution in [0.5, 0.6) is 5.75 Å². The van der Waals surface area contributed by atoms with Crippen molar-refractivity contribution in [2.24, 2.45) is 11.7 Å². The van der Waals surface area contributed by atoms with Gasteiger partial charge in [-0.2, -0.15) is 0 Å². The number of ether oxygens (including phenoxy) is 1. The number of nitro benzene ring substituents is 1. The summed E-state index contributed by atoms with van der Waals surface area (Å²) in [7, 11) is 0. The Bertz CT molecular complexity index is 637. The van der Waals surface area contributed by atoms with Gasteiger partial charge in [0.05, 0.1) is 10.8 Å². The van der Waals surface area contributed by atoms with E-state index in [4.69, 9.17) is 10.5 Å². The zero-order valence-electron chi connectivity index (χ0n) is 12.2. The Morgan fingerprint density at radius 3 is 2.87 bits per heavy atom. The van der Waals surface area contributed by atoms with E-state index >= 15 is 0 Å². The first-order chi connectivity index (χ1) is 10.9. The van der Waals surface area contributed by atoms with Crippen molar-refractivity contribution in [2.75, 3.05) is 19.7 Å². The summed E-state index contributed by atoms with van der Waals surface area (Å²) in [5.41, 5.74) is 4.82. The molecule has 1 aromatic carbocycles. The Hall–Kier alpha value is -2.71. The van der Waals surface area contributed by atoms with Gasteiger partial charge in [-0.3, -0.25) is 19.7 Å². The summed E-state index contributed by atoms with van der Waals surface area (Å²) in [5.74, 6) is -2.33. The van der Waals surface area contributed by atoms with E-state index in [1.807, 2.05) is 0 Å². The summed E-state index contributed by atoms with van der Waals surface area (Å²) in [5, 5.41) is 10.9. The number of nitrogens with zero attached hydrogens (tertiary/aromatic N) is 2. The lowest BCUT2D eigenvalue weighted by molar-refractivity contribution is -0.385. The summed E-state index contributed by atoms with van der Waals surface area (Å²) in [4.78, 5) is 34.8. The zero-order valence-corrected chi connectivity index (χ0v) is 12.2. The Kier molecular flexibility index (Phi) is 5.09. The minimum absolute atomic E-state index is 0.197. The molecule has 1 fully saturated rings. The number of halogens is 1. The minimum Gasteiger partial charge on any atom is -0.477 e. The third kappa shape index (κ3) is 4.15. The number of primary amides is 1. The standard InChI is InChI=1S/C14H16FN3O5/c15-10-3-4-11(18(21)22)12(6-10)23-8-13(19)17-5-1-2-9(7-17)14(16)20/h3-4,6,9H,1-2,5,7-8H2,(H2,16,20). The molecule has 1 heterocycles. The van der Waals surface area contributed by atoms with Crippen molar-refractivity contribution in [1.29, 1.82) is 0 Å². The first-order valence-electron chi connectivity index (χ1n) is 7.02. The molecule has 0 spiro atoms. The Labute approximate surface area is 131 Å². The second-order valence-electron chi connectivity index (χ2n) is 5.24. The van der Waals surface area contributed by atoms with Crippen LogP contribution in [0.2, 0.25) is 0 Å². The summed E-state index contributed by atoms with van der Waals surface area (Å²) >= 11 is 0. The second kappa shape index (κ2) is 7.03. The number of carbonyl (C=O) groups is 2. The van der Waals surface area contributed by atoms with E-state index in [-0.39, 0.29) is 12.3 Å². The van der Waals surface area contributed by atoms with E-state index in [0.29, 0.717) is 19.4 Å². The lowest BCUT2D eigenvalue weighted by Crippen LogP contribution is -2.45. The molecule has 124 valence electrons. The van der Waals surface area contributed by atoms with Crippen LogP contribution in [-0.2, 0) is 9.59 Å². The lowest BCUT2D eigenvalue weighted by Gasteiger charge is -2.31. The molecule has 23 heavy (non-hydrogen) atoms. The molecule has 1 aromatic rings. The average Bonchev–Trinajstić information content (AvgIpc) is 2.52.